The molecule has 0 saturated carbocycles. The second-order valence-electron chi connectivity index (χ2n) is 7.83. The minimum Gasteiger partial charge on any atom is -0.497 e. The molecule has 0 aliphatic carbocycles. The van der Waals surface area contributed by atoms with Crippen molar-refractivity contribution < 1.29 is 19.0 Å². The second kappa shape index (κ2) is 11.5. The van der Waals surface area contributed by atoms with Crippen molar-refractivity contribution in [2.45, 2.75) is 16.5 Å². The van der Waals surface area contributed by atoms with E-state index < -0.39 is 0 Å². The van der Waals surface area contributed by atoms with Crippen LogP contribution in [0.15, 0.2) is 52.2 Å². The Morgan fingerprint density at radius 2 is 1.71 bits per heavy atom. The molecule has 0 spiro atoms. The standard InChI is InChI=1S/C25H29N3O4S2/c1-30-20-12-18(13-21(15-20)31-2)16-33-25-26-19(17-34-25)14-24(29)28-10-8-27(9-11-28)22-6-4-5-7-23(22)32-3/h4-7,12-13,15,17H,8-11,14,16H2,1-3H3. The molecule has 1 aliphatic heterocycles. The van der Waals surface area contributed by atoms with Crippen LogP contribution in [0, 0.1) is 0 Å². The van der Waals surface area contributed by atoms with Gasteiger partial charge in [0.05, 0.1) is 39.1 Å². The summed E-state index contributed by atoms with van der Waals surface area (Å²) in [5, 5.41) is 1.98. The maximum Gasteiger partial charge on any atom is 0.228 e. The maximum atomic E-state index is 12.9. The van der Waals surface area contributed by atoms with Crippen molar-refractivity contribution in [3.05, 3.63) is 59.1 Å². The number of thiazole rings is 1. The number of carbonyl (C=O) groups is 1. The Bertz CT molecular complexity index is 1090. The van der Waals surface area contributed by atoms with Crippen molar-refractivity contribution in [1.82, 2.24) is 9.88 Å². The summed E-state index contributed by atoms with van der Waals surface area (Å²) in [4.78, 5) is 21.8. The van der Waals surface area contributed by atoms with Crippen molar-refractivity contribution >= 4 is 34.7 Å². The first-order chi connectivity index (χ1) is 16.6. The number of methoxy groups -OCH3 is 3. The highest BCUT2D eigenvalue weighted by Gasteiger charge is 2.23. The lowest BCUT2D eigenvalue weighted by Gasteiger charge is -2.36. The zero-order valence-corrected chi connectivity index (χ0v) is 21.3. The molecular weight excluding hydrogens is 470 g/mol. The number of ether oxygens (including phenoxy) is 3. The molecule has 34 heavy (non-hydrogen) atoms. The summed E-state index contributed by atoms with van der Waals surface area (Å²) in [6, 6.07) is 13.9. The van der Waals surface area contributed by atoms with Gasteiger partial charge in [-0.1, -0.05) is 23.9 Å². The molecule has 0 radical (unpaired) electrons. The van der Waals surface area contributed by atoms with Crippen LogP contribution in [0.25, 0.3) is 0 Å². The molecule has 1 aromatic heterocycles. The van der Waals surface area contributed by atoms with Gasteiger partial charge in [0.1, 0.15) is 21.6 Å². The monoisotopic (exact) mass is 499 g/mol. The molecule has 0 N–H and O–H groups in total. The maximum absolute atomic E-state index is 12.9. The van der Waals surface area contributed by atoms with Crippen molar-refractivity contribution in [2.24, 2.45) is 0 Å². The lowest BCUT2D eigenvalue weighted by molar-refractivity contribution is -0.130. The van der Waals surface area contributed by atoms with Crippen molar-refractivity contribution in [1.29, 1.82) is 0 Å². The van der Waals surface area contributed by atoms with E-state index in [4.69, 9.17) is 14.2 Å². The summed E-state index contributed by atoms with van der Waals surface area (Å²) < 4.78 is 17.1. The molecule has 4 rings (SSSR count). The molecule has 3 aromatic rings. The SMILES string of the molecule is COc1cc(CSc2nc(CC(=O)N3CCN(c4ccccc4OC)CC3)cs2)cc(OC)c1. The van der Waals surface area contributed by atoms with Gasteiger partial charge in [0, 0.05) is 43.4 Å². The number of aromatic nitrogens is 1. The van der Waals surface area contributed by atoms with E-state index >= 15 is 0 Å². The first kappa shape index (κ1) is 24.2. The topological polar surface area (TPSA) is 64.1 Å². The molecule has 0 bridgehead atoms. The average molecular weight is 500 g/mol. The number of anilines is 1. The van der Waals surface area contributed by atoms with E-state index in [-0.39, 0.29) is 5.91 Å². The Morgan fingerprint density at radius 3 is 2.38 bits per heavy atom. The first-order valence-corrected chi connectivity index (χ1v) is 12.9. The lowest BCUT2D eigenvalue weighted by Crippen LogP contribution is -2.49. The van der Waals surface area contributed by atoms with Gasteiger partial charge in [-0.05, 0) is 29.8 Å². The zero-order chi connectivity index (χ0) is 23.9. The van der Waals surface area contributed by atoms with E-state index in [0.717, 1.165) is 57.4 Å². The highest BCUT2D eigenvalue weighted by Crippen LogP contribution is 2.31. The first-order valence-electron chi connectivity index (χ1n) is 11.0. The number of piperazine rings is 1. The molecule has 1 saturated heterocycles. The Hall–Kier alpha value is -2.91. The predicted molar refractivity (Wildman–Crippen MR) is 137 cm³/mol. The summed E-state index contributed by atoms with van der Waals surface area (Å²) in [6.07, 6.45) is 0.332. The fourth-order valence-corrected chi connectivity index (χ4v) is 5.66. The van der Waals surface area contributed by atoms with Crippen LogP contribution >= 0.6 is 23.1 Å². The number of benzene rings is 2. The van der Waals surface area contributed by atoms with Crippen LogP contribution in [0.3, 0.4) is 0 Å². The van der Waals surface area contributed by atoms with Crippen LogP contribution in [0.1, 0.15) is 11.3 Å². The number of nitrogens with zero attached hydrogens (tertiary/aromatic N) is 3. The van der Waals surface area contributed by atoms with Gasteiger partial charge in [0.2, 0.25) is 5.91 Å². The fraction of sp³-hybridized carbons (Fsp3) is 0.360. The van der Waals surface area contributed by atoms with Crippen LogP contribution < -0.4 is 19.1 Å². The van der Waals surface area contributed by atoms with Crippen LogP contribution in [0.2, 0.25) is 0 Å². The molecule has 0 unspecified atom stereocenters. The minimum atomic E-state index is 0.124. The van der Waals surface area contributed by atoms with Crippen molar-refractivity contribution in [2.75, 3.05) is 52.4 Å². The third kappa shape index (κ3) is 5.95. The van der Waals surface area contributed by atoms with Crippen molar-refractivity contribution in [3.63, 3.8) is 0 Å². The van der Waals surface area contributed by atoms with E-state index in [1.165, 1.54) is 0 Å². The van der Waals surface area contributed by atoms with Gasteiger partial charge in [-0.3, -0.25) is 4.79 Å². The summed E-state index contributed by atoms with van der Waals surface area (Å²) in [7, 11) is 4.98. The number of hydrogen-bond donors (Lipinski definition) is 0. The van der Waals surface area contributed by atoms with Gasteiger partial charge in [-0.15, -0.1) is 11.3 Å². The molecule has 1 aliphatic rings. The number of rotatable bonds is 9. The Morgan fingerprint density at radius 1 is 1.00 bits per heavy atom. The third-order valence-corrected chi connectivity index (χ3v) is 7.84. The molecule has 1 amide bonds. The smallest absolute Gasteiger partial charge is 0.228 e. The molecule has 2 aromatic carbocycles. The number of thioether (sulfide) groups is 1. The highest BCUT2D eigenvalue weighted by atomic mass is 32.2. The Balaban J connectivity index is 1.28. The highest BCUT2D eigenvalue weighted by molar-refractivity contribution is 8.00. The third-order valence-electron chi connectivity index (χ3n) is 5.69. The molecule has 0 atom stereocenters. The quantitative estimate of drug-likeness (QED) is 0.406. The van der Waals surface area contributed by atoms with E-state index in [1.54, 1.807) is 44.4 Å². The number of hydrogen-bond acceptors (Lipinski definition) is 8. The summed E-state index contributed by atoms with van der Waals surface area (Å²) in [5.41, 5.74) is 3.00. The van der Waals surface area contributed by atoms with E-state index in [2.05, 4.69) is 16.0 Å². The van der Waals surface area contributed by atoms with Crippen LogP contribution in [-0.4, -0.2) is 63.3 Å². The molecule has 2 heterocycles. The molecule has 7 nitrogen and oxygen atoms in total. The van der Waals surface area contributed by atoms with Crippen LogP contribution in [0.4, 0.5) is 5.69 Å². The number of carbonyl (C=O) groups excluding carboxylic acids is 1. The van der Waals surface area contributed by atoms with Crippen molar-refractivity contribution in [3.8, 4) is 17.2 Å². The second-order valence-corrected chi connectivity index (χ2v) is 9.91. The van der Waals surface area contributed by atoms with Gasteiger partial charge < -0.3 is 24.0 Å². The van der Waals surface area contributed by atoms with Gasteiger partial charge in [0.25, 0.3) is 0 Å². The summed E-state index contributed by atoms with van der Waals surface area (Å²) in [5.74, 6) is 3.28. The van der Waals surface area contributed by atoms with Crippen LogP contribution in [-0.2, 0) is 17.0 Å². The minimum absolute atomic E-state index is 0.124. The largest absolute Gasteiger partial charge is 0.497 e. The average Bonchev–Trinajstić information content (AvgIpc) is 3.34. The van der Waals surface area contributed by atoms with E-state index in [0.29, 0.717) is 19.5 Å². The Kier molecular flexibility index (Phi) is 8.18. The van der Waals surface area contributed by atoms with E-state index in [1.807, 2.05) is 46.7 Å². The molecule has 1 fully saturated rings. The van der Waals surface area contributed by atoms with Gasteiger partial charge in [-0.25, -0.2) is 4.98 Å². The molecule has 9 heteroatoms. The Labute approximate surface area is 208 Å². The number of para-hydroxylation sites is 2. The van der Waals surface area contributed by atoms with E-state index in [9.17, 15) is 4.79 Å². The normalized spacial score (nSPS) is 13.6. The fourth-order valence-electron chi connectivity index (χ4n) is 3.89. The predicted octanol–water partition coefficient (Wildman–Crippen LogP) is 4.35. The zero-order valence-electron chi connectivity index (χ0n) is 19.7. The molecular formula is C25H29N3O4S2. The lowest BCUT2D eigenvalue weighted by atomic mass is 10.2. The molecule has 180 valence electrons. The van der Waals surface area contributed by atoms with Gasteiger partial charge >= 0.3 is 0 Å². The summed E-state index contributed by atoms with van der Waals surface area (Å²) in [6.45, 7) is 2.96. The summed E-state index contributed by atoms with van der Waals surface area (Å²) >= 11 is 3.23. The number of amides is 1. The van der Waals surface area contributed by atoms with Crippen LogP contribution in [0.5, 0.6) is 17.2 Å². The van der Waals surface area contributed by atoms with Gasteiger partial charge in [0.15, 0.2) is 0 Å². The van der Waals surface area contributed by atoms with Gasteiger partial charge in [-0.2, -0.15) is 0 Å².